The van der Waals surface area contributed by atoms with Crippen LogP contribution in [0.25, 0.3) is 0 Å². The van der Waals surface area contributed by atoms with Crippen LogP contribution < -0.4 is 0 Å². The number of allylic oxidation sites excluding steroid dienone is 1. The average Bonchev–Trinajstić information content (AvgIpc) is 2.75. The molecule has 4 nitrogen and oxygen atoms in total. The second kappa shape index (κ2) is 26.8. The SMILES string of the molecule is C=CCCCCCCCCCCCCCCCCC[SiH](OCCOC)OCCOC. The average molecular weight is 445 g/mol. The molecule has 0 saturated heterocycles. The van der Waals surface area contributed by atoms with Crippen LogP contribution in [0.1, 0.15) is 103 Å². The van der Waals surface area contributed by atoms with Gasteiger partial charge in [-0.15, -0.1) is 6.58 Å². The third-order valence-corrected chi connectivity index (χ3v) is 7.63. The van der Waals surface area contributed by atoms with E-state index in [4.69, 9.17) is 18.3 Å². The Morgan fingerprint density at radius 2 is 0.900 bits per heavy atom. The Balaban J connectivity index is 3.34. The standard InChI is InChI=1S/C25H52O4Si/c1-4-5-6-7-8-9-10-11-12-13-14-15-16-17-18-19-20-25-30(28-23-21-26-2)29-24-22-27-3/h4,30H,1,5-25H2,2-3H3. The van der Waals surface area contributed by atoms with Crippen molar-refractivity contribution < 1.29 is 18.3 Å². The fourth-order valence-electron chi connectivity index (χ4n) is 3.64. The summed E-state index contributed by atoms with van der Waals surface area (Å²) in [6.07, 6.45) is 24.0. The molecule has 30 heavy (non-hydrogen) atoms. The Morgan fingerprint density at radius 3 is 1.27 bits per heavy atom. The van der Waals surface area contributed by atoms with E-state index in [0.29, 0.717) is 26.4 Å². The Labute approximate surface area is 189 Å². The van der Waals surface area contributed by atoms with E-state index in [9.17, 15) is 0 Å². The van der Waals surface area contributed by atoms with Crippen LogP contribution in [0, 0.1) is 0 Å². The minimum atomic E-state index is -1.56. The van der Waals surface area contributed by atoms with Gasteiger partial charge in [0.1, 0.15) is 0 Å². The van der Waals surface area contributed by atoms with Crippen LogP contribution >= 0.6 is 0 Å². The maximum absolute atomic E-state index is 5.89. The van der Waals surface area contributed by atoms with Gasteiger partial charge in [0.05, 0.1) is 26.4 Å². The second-order valence-corrected chi connectivity index (χ2v) is 10.4. The molecule has 0 unspecified atom stereocenters. The molecule has 0 aliphatic rings. The molecule has 0 saturated carbocycles. The summed E-state index contributed by atoms with van der Waals surface area (Å²) >= 11 is 0. The third-order valence-electron chi connectivity index (χ3n) is 5.53. The van der Waals surface area contributed by atoms with Crippen molar-refractivity contribution >= 4 is 9.28 Å². The molecule has 0 fully saturated rings. The van der Waals surface area contributed by atoms with Gasteiger partial charge in [-0.25, -0.2) is 0 Å². The van der Waals surface area contributed by atoms with Gasteiger partial charge >= 0.3 is 9.28 Å². The Bertz CT molecular complexity index is 318. The van der Waals surface area contributed by atoms with Crippen LogP contribution in [-0.4, -0.2) is 49.9 Å². The van der Waals surface area contributed by atoms with Gasteiger partial charge in [0.2, 0.25) is 0 Å². The van der Waals surface area contributed by atoms with Gasteiger partial charge < -0.3 is 18.3 Å². The van der Waals surface area contributed by atoms with E-state index in [1.54, 1.807) is 14.2 Å². The number of methoxy groups -OCH3 is 2. The van der Waals surface area contributed by atoms with Crippen molar-refractivity contribution in [2.45, 2.75) is 109 Å². The summed E-state index contributed by atoms with van der Waals surface area (Å²) in [5.74, 6) is 0. The maximum atomic E-state index is 5.89. The number of ether oxygens (including phenoxy) is 2. The molecule has 180 valence electrons. The first-order valence-electron chi connectivity index (χ1n) is 12.7. The quantitative estimate of drug-likeness (QED) is 0.0820. The minimum absolute atomic E-state index is 0.646. The van der Waals surface area contributed by atoms with Gasteiger partial charge in [0.25, 0.3) is 0 Å². The highest BCUT2D eigenvalue weighted by molar-refractivity contribution is 6.44. The van der Waals surface area contributed by atoms with E-state index in [1.165, 1.54) is 103 Å². The van der Waals surface area contributed by atoms with Crippen molar-refractivity contribution in [3.8, 4) is 0 Å². The maximum Gasteiger partial charge on any atom is 0.321 e. The Kier molecular flexibility index (Phi) is 26.6. The molecule has 0 radical (unpaired) electrons. The van der Waals surface area contributed by atoms with E-state index in [-0.39, 0.29) is 0 Å². The molecule has 0 rings (SSSR count). The van der Waals surface area contributed by atoms with Crippen molar-refractivity contribution in [3.63, 3.8) is 0 Å². The molecule has 0 aliphatic heterocycles. The van der Waals surface area contributed by atoms with Gasteiger partial charge in [0, 0.05) is 14.2 Å². The monoisotopic (exact) mass is 444 g/mol. The molecule has 0 N–H and O–H groups in total. The zero-order valence-electron chi connectivity index (χ0n) is 20.3. The van der Waals surface area contributed by atoms with Crippen molar-refractivity contribution in [3.05, 3.63) is 12.7 Å². The van der Waals surface area contributed by atoms with Crippen LogP contribution in [-0.2, 0) is 18.3 Å². The molecule has 0 aromatic heterocycles. The van der Waals surface area contributed by atoms with Crippen molar-refractivity contribution in [1.82, 2.24) is 0 Å². The molecular formula is C25H52O4Si. The van der Waals surface area contributed by atoms with Crippen molar-refractivity contribution in [2.24, 2.45) is 0 Å². The number of unbranched alkanes of at least 4 members (excludes halogenated alkanes) is 15. The topological polar surface area (TPSA) is 36.9 Å². The summed E-state index contributed by atoms with van der Waals surface area (Å²) in [4.78, 5) is 0. The predicted molar refractivity (Wildman–Crippen MR) is 132 cm³/mol. The molecule has 0 amide bonds. The van der Waals surface area contributed by atoms with E-state index >= 15 is 0 Å². The molecule has 0 spiro atoms. The fourth-order valence-corrected chi connectivity index (χ4v) is 5.41. The zero-order chi connectivity index (χ0) is 22.0. The molecule has 5 heteroatoms. The van der Waals surface area contributed by atoms with Gasteiger partial charge in [-0.05, 0) is 18.9 Å². The lowest BCUT2D eigenvalue weighted by molar-refractivity contribution is 0.0993. The first-order chi connectivity index (χ1) is 14.8. The lowest BCUT2D eigenvalue weighted by Crippen LogP contribution is -2.26. The summed E-state index contributed by atoms with van der Waals surface area (Å²) in [7, 11) is 1.86. The van der Waals surface area contributed by atoms with E-state index in [2.05, 4.69) is 6.58 Å². The van der Waals surface area contributed by atoms with Gasteiger partial charge in [-0.1, -0.05) is 96.0 Å². The fraction of sp³-hybridized carbons (Fsp3) is 0.920. The summed E-state index contributed by atoms with van der Waals surface area (Å²) in [6.45, 7) is 6.37. The second-order valence-electron chi connectivity index (χ2n) is 8.33. The number of rotatable bonds is 26. The summed E-state index contributed by atoms with van der Waals surface area (Å²) < 4.78 is 21.9. The largest absolute Gasteiger partial charge is 0.394 e. The van der Waals surface area contributed by atoms with Crippen molar-refractivity contribution in [2.75, 3.05) is 40.6 Å². The molecular weight excluding hydrogens is 392 g/mol. The van der Waals surface area contributed by atoms with Crippen LogP contribution in [0.2, 0.25) is 6.04 Å². The zero-order valence-corrected chi connectivity index (χ0v) is 21.5. The van der Waals surface area contributed by atoms with Crippen LogP contribution in [0.4, 0.5) is 0 Å². The molecule has 0 aliphatic carbocycles. The highest BCUT2D eigenvalue weighted by Crippen LogP contribution is 2.15. The summed E-state index contributed by atoms with van der Waals surface area (Å²) in [6, 6.07) is 1.10. The Morgan fingerprint density at radius 1 is 0.533 bits per heavy atom. The third kappa shape index (κ3) is 24.1. The van der Waals surface area contributed by atoms with E-state index < -0.39 is 9.28 Å². The van der Waals surface area contributed by atoms with Gasteiger partial charge in [-0.3, -0.25) is 0 Å². The van der Waals surface area contributed by atoms with Crippen LogP contribution in [0.3, 0.4) is 0 Å². The summed E-state index contributed by atoms with van der Waals surface area (Å²) in [5.41, 5.74) is 0. The molecule has 0 aromatic rings. The van der Waals surface area contributed by atoms with Crippen LogP contribution in [0.5, 0.6) is 0 Å². The minimum Gasteiger partial charge on any atom is -0.394 e. The smallest absolute Gasteiger partial charge is 0.321 e. The van der Waals surface area contributed by atoms with E-state index in [1.807, 2.05) is 6.08 Å². The highest BCUT2D eigenvalue weighted by Gasteiger charge is 2.12. The van der Waals surface area contributed by atoms with Gasteiger partial charge in [-0.2, -0.15) is 0 Å². The number of hydrogen-bond acceptors (Lipinski definition) is 4. The summed E-state index contributed by atoms with van der Waals surface area (Å²) in [5, 5.41) is 0. The lowest BCUT2D eigenvalue weighted by Gasteiger charge is -2.16. The molecule has 0 aromatic carbocycles. The van der Waals surface area contributed by atoms with Crippen LogP contribution in [0.15, 0.2) is 12.7 Å². The van der Waals surface area contributed by atoms with Gasteiger partial charge in [0.15, 0.2) is 0 Å². The Hall–Kier alpha value is -0.203. The normalized spacial score (nSPS) is 11.4. The first kappa shape index (κ1) is 29.8. The first-order valence-corrected chi connectivity index (χ1v) is 14.4. The number of hydrogen-bond donors (Lipinski definition) is 0. The highest BCUT2D eigenvalue weighted by atomic mass is 28.3. The molecule has 0 bridgehead atoms. The molecule has 0 heterocycles. The molecule has 0 atom stereocenters. The lowest BCUT2D eigenvalue weighted by atomic mass is 10.0. The van der Waals surface area contributed by atoms with Crippen molar-refractivity contribution in [1.29, 1.82) is 0 Å². The van der Waals surface area contributed by atoms with E-state index in [0.717, 1.165) is 6.04 Å². The predicted octanol–water partition coefficient (Wildman–Crippen LogP) is 6.96.